The van der Waals surface area contributed by atoms with Crippen molar-refractivity contribution in [2.75, 3.05) is 14.1 Å². The number of fused-ring (bicyclic) bond motifs is 1. The highest BCUT2D eigenvalue weighted by Gasteiger charge is 2.09. The first kappa shape index (κ1) is 17.5. The van der Waals surface area contributed by atoms with Gasteiger partial charge in [-0.3, -0.25) is 0 Å². The van der Waals surface area contributed by atoms with Crippen LogP contribution in [0.25, 0.3) is 5.65 Å². The van der Waals surface area contributed by atoms with Crippen molar-refractivity contribution in [3.63, 3.8) is 0 Å². The summed E-state index contributed by atoms with van der Waals surface area (Å²) >= 11 is 0. The Bertz CT molecular complexity index is 763. The normalized spacial score (nSPS) is 11.0. The number of imidazole rings is 1. The molecule has 0 N–H and O–H groups in total. The van der Waals surface area contributed by atoms with Gasteiger partial charge in [-0.1, -0.05) is 30.3 Å². The Morgan fingerprint density at radius 3 is 2.39 bits per heavy atom. The van der Waals surface area contributed by atoms with E-state index in [1.165, 1.54) is 16.8 Å². The standard InChI is InChI=1S/C19H23N3.ClH/c1-15-18(14-21(2)3)22-12-11-17(13-19(22)20-15)10-9-16-7-5-4-6-8-16;/h4-8,11-13H,9-10,14H2,1-3H3;1H. The van der Waals surface area contributed by atoms with Crippen molar-refractivity contribution >= 4 is 18.1 Å². The fraction of sp³-hybridized carbons (Fsp3) is 0.316. The molecule has 3 aromatic rings. The smallest absolute Gasteiger partial charge is 0.137 e. The number of aryl methyl sites for hydroxylation is 3. The molecule has 3 rings (SSSR count). The molecular weight excluding hydrogens is 306 g/mol. The predicted molar refractivity (Wildman–Crippen MR) is 98.4 cm³/mol. The number of nitrogens with zero attached hydrogens (tertiary/aromatic N) is 3. The second-order valence-electron chi connectivity index (χ2n) is 6.13. The van der Waals surface area contributed by atoms with E-state index < -0.39 is 0 Å². The topological polar surface area (TPSA) is 20.5 Å². The van der Waals surface area contributed by atoms with E-state index in [-0.39, 0.29) is 12.4 Å². The van der Waals surface area contributed by atoms with E-state index in [1.807, 2.05) is 0 Å². The Kier molecular flexibility index (Phi) is 5.80. The average Bonchev–Trinajstić information content (AvgIpc) is 2.81. The second kappa shape index (κ2) is 7.62. The van der Waals surface area contributed by atoms with Gasteiger partial charge in [-0.05, 0) is 57.1 Å². The molecule has 0 atom stereocenters. The number of halogens is 1. The van der Waals surface area contributed by atoms with Crippen molar-refractivity contribution < 1.29 is 0 Å². The minimum Gasteiger partial charge on any atom is -0.304 e. The lowest BCUT2D eigenvalue weighted by molar-refractivity contribution is 0.394. The van der Waals surface area contributed by atoms with Crippen LogP contribution in [-0.4, -0.2) is 28.4 Å². The molecule has 1 aromatic carbocycles. The van der Waals surface area contributed by atoms with E-state index in [4.69, 9.17) is 4.98 Å². The maximum atomic E-state index is 4.72. The first-order valence-electron chi connectivity index (χ1n) is 7.78. The van der Waals surface area contributed by atoms with Crippen LogP contribution in [0.1, 0.15) is 22.5 Å². The highest BCUT2D eigenvalue weighted by molar-refractivity contribution is 5.85. The van der Waals surface area contributed by atoms with E-state index >= 15 is 0 Å². The Morgan fingerprint density at radius 2 is 1.70 bits per heavy atom. The van der Waals surface area contributed by atoms with Gasteiger partial charge in [0.15, 0.2) is 0 Å². The third kappa shape index (κ3) is 4.12. The van der Waals surface area contributed by atoms with Gasteiger partial charge >= 0.3 is 0 Å². The lowest BCUT2D eigenvalue weighted by Gasteiger charge is -2.10. The molecule has 3 nitrogen and oxygen atoms in total. The molecule has 2 aromatic heterocycles. The summed E-state index contributed by atoms with van der Waals surface area (Å²) in [6, 6.07) is 15.1. The van der Waals surface area contributed by atoms with Gasteiger partial charge < -0.3 is 9.30 Å². The van der Waals surface area contributed by atoms with E-state index in [0.717, 1.165) is 30.7 Å². The molecule has 4 heteroatoms. The average molecular weight is 330 g/mol. The first-order valence-corrected chi connectivity index (χ1v) is 7.78. The number of pyridine rings is 1. The van der Waals surface area contributed by atoms with Crippen LogP contribution in [0.2, 0.25) is 0 Å². The van der Waals surface area contributed by atoms with Crippen LogP contribution >= 0.6 is 12.4 Å². The Hall–Kier alpha value is -1.84. The fourth-order valence-electron chi connectivity index (χ4n) is 2.83. The van der Waals surface area contributed by atoms with Crippen molar-refractivity contribution in [3.05, 3.63) is 71.2 Å². The molecule has 0 unspecified atom stereocenters. The van der Waals surface area contributed by atoms with Gasteiger partial charge in [-0.15, -0.1) is 12.4 Å². The maximum absolute atomic E-state index is 4.72. The van der Waals surface area contributed by atoms with Gasteiger partial charge in [0.05, 0.1) is 11.4 Å². The van der Waals surface area contributed by atoms with Crippen molar-refractivity contribution in [2.45, 2.75) is 26.3 Å². The summed E-state index contributed by atoms with van der Waals surface area (Å²) in [7, 11) is 4.18. The van der Waals surface area contributed by atoms with Crippen LogP contribution in [0.15, 0.2) is 48.7 Å². The molecule has 0 saturated heterocycles. The molecule has 0 amide bonds. The van der Waals surface area contributed by atoms with Gasteiger partial charge in [-0.25, -0.2) is 4.98 Å². The third-order valence-electron chi connectivity index (χ3n) is 4.00. The van der Waals surface area contributed by atoms with Gasteiger partial charge in [0, 0.05) is 12.7 Å². The Balaban J connectivity index is 0.00000192. The predicted octanol–water partition coefficient (Wildman–Crippen LogP) is 3.91. The molecule has 23 heavy (non-hydrogen) atoms. The molecule has 2 heterocycles. The van der Waals surface area contributed by atoms with Gasteiger partial charge in [-0.2, -0.15) is 0 Å². The van der Waals surface area contributed by atoms with Crippen molar-refractivity contribution in [2.24, 2.45) is 0 Å². The van der Waals surface area contributed by atoms with Gasteiger partial charge in [0.1, 0.15) is 5.65 Å². The van der Waals surface area contributed by atoms with Gasteiger partial charge in [0.25, 0.3) is 0 Å². The molecule has 0 saturated carbocycles. The molecule has 0 aliphatic heterocycles. The van der Waals surface area contributed by atoms with E-state index in [2.05, 4.69) is 79.0 Å². The first-order chi connectivity index (χ1) is 10.6. The second-order valence-corrected chi connectivity index (χ2v) is 6.13. The highest BCUT2D eigenvalue weighted by Crippen LogP contribution is 2.16. The highest BCUT2D eigenvalue weighted by atomic mass is 35.5. The van der Waals surface area contributed by atoms with Crippen LogP contribution in [0.5, 0.6) is 0 Å². The summed E-state index contributed by atoms with van der Waals surface area (Å²) < 4.78 is 2.21. The third-order valence-corrected chi connectivity index (χ3v) is 4.00. The lowest BCUT2D eigenvalue weighted by Crippen LogP contribution is -2.13. The SMILES string of the molecule is Cc1nc2cc(CCc3ccccc3)ccn2c1CN(C)C.Cl. The van der Waals surface area contributed by atoms with E-state index in [1.54, 1.807) is 0 Å². The number of hydrogen-bond acceptors (Lipinski definition) is 2. The Morgan fingerprint density at radius 1 is 1.00 bits per heavy atom. The van der Waals surface area contributed by atoms with Crippen molar-refractivity contribution in [1.29, 1.82) is 0 Å². The minimum absolute atomic E-state index is 0. The molecule has 0 fully saturated rings. The quantitative estimate of drug-likeness (QED) is 0.707. The summed E-state index contributed by atoms with van der Waals surface area (Å²) in [6.07, 6.45) is 4.28. The molecule has 0 spiro atoms. The molecule has 122 valence electrons. The number of benzene rings is 1. The minimum atomic E-state index is 0. The van der Waals surface area contributed by atoms with Crippen molar-refractivity contribution in [3.8, 4) is 0 Å². The number of hydrogen-bond donors (Lipinski definition) is 0. The van der Waals surface area contributed by atoms with Crippen LogP contribution < -0.4 is 0 Å². The summed E-state index contributed by atoms with van der Waals surface area (Å²) in [5.74, 6) is 0. The van der Waals surface area contributed by atoms with Crippen LogP contribution in [0.4, 0.5) is 0 Å². The van der Waals surface area contributed by atoms with Crippen LogP contribution in [0.3, 0.4) is 0 Å². The molecule has 0 aliphatic carbocycles. The van der Waals surface area contributed by atoms with E-state index in [0.29, 0.717) is 0 Å². The molecule has 0 radical (unpaired) electrons. The monoisotopic (exact) mass is 329 g/mol. The van der Waals surface area contributed by atoms with E-state index in [9.17, 15) is 0 Å². The zero-order valence-electron chi connectivity index (χ0n) is 14.0. The number of rotatable bonds is 5. The van der Waals surface area contributed by atoms with Crippen LogP contribution in [-0.2, 0) is 19.4 Å². The van der Waals surface area contributed by atoms with Gasteiger partial charge in [0.2, 0.25) is 0 Å². The maximum Gasteiger partial charge on any atom is 0.137 e. The summed E-state index contributed by atoms with van der Waals surface area (Å²) in [4.78, 5) is 6.90. The zero-order valence-corrected chi connectivity index (χ0v) is 14.8. The summed E-state index contributed by atoms with van der Waals surface area (Å²) in [5.41, 5.74) is 6.18. The summed E-state index contributed by atoms with van der Waals surface area (Å²) in [5, 5.41) is 0. The zero-order chi connectivity index (χ0) is 15.5. The molecule has 0 aliphatic rings. The fourth-order valence-corrected chi connectivity index (χ4v) is 2.83. The summed E-state index contributed by atoms with van der Waals surface area (Å²) in [6.45, 7) is 3.01. The molecule has 0 bridgehead atoms. The molecular formula is C19H24ClN3. The largest absolute Gasteiger partial charge is 0.304 e. The Labute approximate surface area is 144 Å². The lowest BCUT2D eigenvalue weighted by atomic mass is 10.1. The number of aromatic nitrogens is 2. The van der Waals surface area contributed by atoms with Crippen LogP contribution in [0, 0.1) is 6.92 Å². The van der Waals surface area contributed by atoms with Crippen molar-refractivity contribution in [1.82, 2.24) is 14.3 Å².